The second-order valence-corrected chi connectivity index (χ2v) is 11.4. The molecular weight excluding hydrogens is 546 g/mol. The molecule has 0 atom stereocenters. The van der Waals surface area contributed by atoms with E-state index < -0.39 is 52.9 Å². The normalized spacial score (nSPS) is 18.8. The number of ketones is 1. The number of likely N-dealkylation sites (tertiary alicyclic amines) is 1. The minimum atomic E-state index is -4.99. The van der Waals surface area contributed by atoms with Gasteiger partial charge in [-0.15, -0.1) is 0 Å². The number of carbonyl (C=O) groups excluding carboxylic acids is 3. The summed E-state index contributed by atoms with van der Waals surface area (Å²) in [4.78, 5) is 40.2. The van der Waals surface area contributed by atoms with Gasteiger partial charge in [-0.25, -0.2) is 4.79 Å². The SMILES string of the molecule is CC(C)(C)OC(=O)NC1(C(=O)N2CCC(CC(=O)Cc3cc(C(F)(F)F)cc(C(F)(F)F)c3)CC2)CCOCC1. The maximum Gasteiger partial charge on any atom is 0.416 e. The van der Waals surface area contributed by atoms with Crippen molar-refractivity contribution in [2.45, 2.75) is 82.8 Å². The maximum absolute atomic E-state index is 13.5. The molecule has 0 radical (unpaired) electrons. The lowest BCUT2D eigenvalue weighted by Crippen LogP contribution is -2.63. The number of amides is 2. The van der Waals surface area contributed by atoms with Crippen LogP contribution in [0.15, 0.2) is 18.2 Å². The Hall–Kier alpha value is -2.83. The first kappa shape index (κ1) is 31.7. The van der Waals surface area contributed by atoms with E-state index in [2.05, 4.69) is 5.32 Å². The largest absolute Gasteiger partial charge is 0.444 e. The molecule has 2 aliphatic rings. The van der Waals surface area contributed by atoms with E-state index in [1.807, 2.05) is 0 Å². The van der Waals surface area contributed by atoms with Gasteiger partial charge in [-0.3, -0.25) is 9.59 Å². The molecule has 40 heavy (non-hydrogen) atoms. The first-order valence-corrected chi connectivity index (χ1v) is 13.1. The molecule has 0 bridgehead atoms. The summed E-state index contributed by atoms with van der Waals surface area (Å²) in [7, 11) is 0. The lowest BCUT2D eigenvalue weighted by atomic mass is 9.85. The van der Waals surface area contributed by atoms with Crippen LogP contribution in [-0.2, 0) is 37.8 Å². The van der Waals surface area contributed by atoms with Gasteiger partial charge in [-0.05, 0) is 63.3 Å². The van der Waals surface area contributed by atoms with E-state index in [0.717, 1.165) is 0 Å². The molecule has 0 spiro atoms. The predicted molar refractivity (Wildman–Crippen MR) is 131 cm³/mol. The molecule has 0 unspecified atom stereocenters. The minimum absolute atomic E-state index is 0.0313. The van der Waals surface area contributed by atoms with E-state index in [4.69, 9.17) is 9.47 Å². The van der Waals surface area contributed by atoms with Crippen LogP contribution in [0.2, 0.25) is 0 Å². The lowest BCUT2D eigenvalue weighted by molar-refractivity contribution is -0.144. The summed E-state index contributed by atoms with van der Waals surface area (Å²) in [5.74, 6) is -0.950. The zero-order valence-electron chi connectivity index (χ0n) is 22.6. The third-order valence-electron chi connectivity index (χ3n) is 6.96. The van der Waals surface area contributed by atoms with Crippen LogP contribution in [-0.4, -0.2) is 60.1 Å². The molecule has 224 valence electrons. The highest BCUT2D eigenvalue weighted by Crippen LogP contribution is 2.37. The molecule has 13 heteroatoms. The van der Waals surface area contributed by atoms with Crippen LogP contribution in [0.1, 0.15) is 69.6 Å². The van der Waals surface area contributed by atoms with E-state index in [1.54, 1.807) is 25.7 Å². The van der Waals surface area contributed by atoms with Gasteiger partial charge in [0.05, 0.1) is 11.1 Å². The highest BCUT2D eigenvalue weighted by atomic mass is 19.4. The van der Waals surface area contributed by atoms with Gasteiger partial charge >= 0.3 is 18.4 Å². The van der Waals surface area contributed by atoms with Crippen LogP contribution in [0.3, 0.4) is 0 Å². The number of alkyl carbamates (subject to hydrolysis) is 1. The van der Waals surface area contributed by atoms with Gasteiger partial charge in [0.15, 0.2) is 0 Å². The summed E-state index contributed by atoms with van der Waals surface area (Å²) in [5, 5.41) is 2.74. The monoisotopic (exact) mass is 580 g/mol. The first-order valence-electron chi connectivity index (χ1n) is 13.1. The fraction of sp³-hybridized carbons (Fsp3) is 0.667. The van der Waals surface area contributed by atoms with E-state index >= 15 is 0 Å². The van der Waals surface area contributed by atoms with Gasteiger partial charge < -0.3 is 19.7 Å². The van der Waals surface area contributed by atoms with Gasteiger partial charge in [-0.1, -0.05) is 0 Å². The second kappa shape index (κ2) is 12.0. The summed E-state index contributed by atoms with van der Waals surface area (Å²) < 4.78 is 89.5. The van der Waals surface area contributed by atoms with Crippen molar-refractivity contribution in [3.05, 3.63) is 34.9 Å². The number of alkyl halides is 6. The van der Waals surface area contributed by atoms with Crippen molar-refractivity contribution in [3.8, 4) is 0 Å². The van der Waals surface area contributed by atoms with Gasteiger partial charge in [0.25, 0.3) is 0 Å². The van der Waals surface area contributed by atoms with Crippen molar-refractivity contribution in [2.75, 3.05) is 26.3 Å². The van der Waals surface area contributed by atoms with Crippen molar-refractivity contribution in [2.24, 2.45) is 5.92 Å². The Kier molecular flexibility index (Phi) is 9.47. The number of halogens is 6. The van der Waals surface area contributed by atoms with Gasteiger partial charge in [0, 0.05) is 52.0 Å². The fourth-order valence-corrected chi connectivity index (χ4v) is 5.00. The number of hydrogen-bond donors (Lipinski definition) is 1. The third-order valence-corrected chi connectivity index (χ3v) is 6.96. The number of nitrogens with one attached hydrogen (secondary N) is 1. The van der Waals surface area contributed by atoms with Crippen molar-refractivity contribution in [1.29, 1.82) is 0 Å². The summed E-state index contributed by atoms with van der Waals surface area (Å²) in [6.07, 6.45) is -9.91. The Morgan fingerprint density at radius 1 is 0.950 bits per heavy atom. The fourth-order valence-electron chi connectivity index (χ4n) is 5.00. The van der Waals surface area contributed by atoms with Crippen LogP contribution in [0, 0.1) is 5.92 Å². The number of Topliss-reactive ketones (excluding diaryl/α,β-unsaturated/α-hetero) is 1. The van der Waals surface area contributed by atoms with Crippen molar-refractivity contribution in [3.63, 3.8) is 0 Å². The van der Waals surface area contributed by atoms with Gasteiger partial charge in [0.1, 0.15) is 16.9 Å². The Morgan fingerprint density at radius 3 is 1.95 bits per heavy atom. The summed E-state index contributed by atoms with van der Waals surface area (Å²) in [6.45, 7) is 6.25. The number of rotatable bonds is 6. The standard InChI is InChI=1S/C27H34F6N2O5/c1-24(2,3)40-23(38)34-25(6-10-39-11-7-25)22(37)35-8-4-17(5-9-35)14-21(36)15-18-12-19(26(28,29)30)16-20(13-18)27(31,32)33/h12-13,16-17H,4-11,14-15H2,1-3H3,(H,34,38). The molecule has 7 nitrogen and oxygen atoms in total. The molecule has 1 aromatic carbocycles. The van der Waals surface area contributed by atoms with Crippen molar-refractivity contribution in [1.82, 2.24) is 10.2 Å². The molecule has 2 aliphatic heterocycles. The highest BCUT2D eigenvalue weighted by molar-refractivity contribution is 5.90. The van der Waals surface area contributed by atoms with E-state index in [9.17, 15) is 40.7 Å². The molecule has 0 saturated carbocycles. The minimum Gasteiger partial charge on any atom is -0.444 e. The van der Waals surface area contributed by atoms with Crippen LogP contribution in [0.25, 0.3) is 0 Å². The molecule has 0 aliphatic carbocycles. The molecule has 2 fully saturated rings. The van der Waals surface area contributed by atoms with E-state index in [-0.39, 0.29) is 69.0 Å². The molecule has 3 rings (SSSR count). The number of piperidine rings is 1. The van der Waals surface area contributed by atoms with Crippen LogP contribution < -0.4 is 5.32 Å². The van der Waals surface area contributed by atoms with Crippen LogP contribution >= 0.6 is 0 Å². The van der Waals surface area contributed by atoms with Crippen molar-refractivity contribution >= 4 is 17.8 Å². The molecule has 1 aromatic rings. The average Bonchev–Trinajstić information content (AvgIpc) is 2.82. The summed E-state index contributed by atoms with van der Waals surface area (Å²) in [6, 6.07) is 1.17. The molecule has 2 saturated heterocycles. The number of benzene rings is 1. The molecule has 2 amide bonds. The average molecular weight is 581 g/mol. The van der Waals surface area contributed by atoms with Crippen molar-refractivity contribution < 1.29 is 50.2 Å². The summed E-state index contributed by atoms with van der Waals surface area (Å²) in [5.41, 5.74) is -5.22. The number of nitrogens with zero attached hydrogens (tertiary/aromatic N) is 1. The molecule has 2 heterocycles. The van der Waals surface area contributed by atoms with Gasteiger partial charge in [0.2, 0.25) is 5.91 Å². The zero-order chi connectivity index (χ0) is 29.9. The zero-order valence-corrected chi connectivity index (χ0v) is 22.6. The van der Waals surface area contributed by atoms with Crippen LogP contribution in [0.4, 0.5) is 31.1 Å². The lowest BCUT2D eigenvalue weighted by Gasteiger charge is -2.42. The summed E-state index contributed by atoms with van der Waals surface area (Å²) >= 11 is 0. The quantitative estimate of drug-likeness (QED) is 0.447. The Labute approximate surface area is 228 Å². The number of ether oxygens (including phenoxy) is 2. The van der Waals surface area contributed by atoms with Gasteiger partial charge in [-0.2, -0.15) is 26.3 Å². The molecule has 0 aromatic heterocycles. The smallest absolute Gasteiger partial charge is 0.416 e. The predicted octanol–water partition coefficient (Wildman–Crippen LogP) is 5.54. The number of hydrogen-bond acceptors (Lipinski definition) is 5. The van der Waals surface area contributed by atoms with Crippen LogP contribution in [0.5, 0.6) is 0 Å². The maximum atomic E-state index is 13.5. The molecule has 1 N–H and O–H groups in total. The highest BCUT2D eigenvalue weighted by Gasteiger charge is 2.45. The second-order valence-electron chi connectivity index (χ2n) is 11.4. The Balaban J connectivity index is 1.61. The topological polar surface area (TPSA) is 84.9 Å². The van der Waals surface area contributed by atoms with E-state index in [0.29, 0.717) is 25.0 Å². The number of carbonyl (C=O) groups is 3. The Morgan fingerprint density at radius 2 is 1.48 bits per heavy atom. The third kappa shape index (κ3) is 8.58. The Bertz CT molecular complexity index is 1050. The first-order chi connectivity index (χ1) is 18.4. The van der Waals surface area contributed by atoms with E-state index in [1.165, 1.54) is 0 Å². The molecular formula is C27H34F6N2O5.